The molecule has 2 rings (SSSR count). The zero-order valence-electron chi connectivity index (χ0n) is 11.6. The summed E-state index contributed by atoms with van der Waals surface area (Å²) < 4.78 is 0. The van der Waals surface area contributed by atoms with Crippen molar-refractivity contribution in [3.63, 3.8) is 0 Å². The van der Waals surface area contributed by atoms with Gasteiger partial charge in [0.1, 0.15) is 5.75 Å². The minimum absolute atomic E-state index is 0.432. The molecule has 1 saturated carbocycles. The SMILES string of the molecule is CCSC(CC)c1cccc(C(C)C2CC2)c1O. The van der Waals surface area contributed by atoms with E-state index in [9.17, 15) is 5.11 Å². The lowest BCUT2D eigenvalue weighted by Crippen LogP contribution is -2.01. The van der Waals surface area contributed by atoms with Crippen LogP contribution in [0.4, 0.5) is 0 Å². The number of phenolic OH excluding ortho intramolecular Hbond substituents is 1. The maximum Gasteiger partial charge on any atom is 0.123 e. The third kappa shape index (κ3) is 2.85. The van der Waals surface area contributed by atoms with Crippen LogP contribution < -0.4 is 0 Å². The molecular weight excluding hydrogens is 240 g/mol. The van der Waals surface area contributed by atoms with Crippen molar-refractivity contribution >= 4 is 11.8 Å². The van der Waals surface area contributed by atoms with E-state index in [0.29, 0.717) is 16.9 Å². The van der Waals surface area contributed by atoms with E-state index < -0.39 is 0 Å². The predicted molar refractivity (Wildman–Crippen MR) is 80.4 cm³/mol. The fourth-order valence-electron chi connectivity index (χ4n) is 2.69. The summed E-state index contributed by atoms with van der Waals surface area (Å²) in [5, 5.41) is 11.0. The van der Waals surface area contributed by atoms with Gasteiger partial charge in [0, 0.05) is 10.8 Å². The van der Waals surface area contributed by atoms with Crippen molar-refractivity contribution in [1.82, 2.24) is 0 Å². The molecule has 1 aromatic rings. The Bertz CT molecular complexity index is 398. The standard InChI is InChI=1S/C16H24OS/c1-4-15(18-5-2)14-8-6-7-13(16(14)17)11(3)12-9-10-12/h6-8,11-12,15,17H,4-5,9-10H2,1-3H3. The van der Waals surface area contributed by atoms with Crippen molar-refractivity contribution in [3.8, 4) is 5.75 Å². The number of para-hydroxylation sites is 1. The van der Waals surface area contributed by atoms with E-state index in [4.69, 9.17) is 0 Å². The van der Waals surface area contributed by atoms with Gasteiger partial charge in [-0.3, -0.25) is 0 Å². The second-order valence-electron chi connectivity index (χ2n) is 5.26. The number of phenols is 1. The van der Waals surface area contributed by atoms with Gasteiger partial charge in [-0.05, 0) is 42.4 Å². The monoisotopic (exact) mass is 264 g/mol. The minimum atomic E-state index is 0.432. The zero-order chi connectivity index (χ0) is 13.1. The molecule has 0 heterocycles. The summed E-state index contributed by atoms with van der Waals surface area (Å²) in [7, 11) is 0. The quantitative estimate of drug-likeness (QED) is 0.770. The van der Waals surface area contributed by atoms with Crippen LogP contribution in [-0.4, -0.2) is 10.9 Å². The molecule has 0 aliphatic heterocycles. The van der Waals surface area contributed by atoms with Crippen LogP contribution in [-0.2, 0) is 0 Å². The van der Waals surface area contributed by atoms with Gasteiger partial charge >= 0.3 is 0 Å². The predicted octanol–water partition coefficient (Wildman–Crippen LogP) is 5.11. The Morgan fingerprint density at radius 2 is 1.94 bits per heavy atom. The van der Waals surface area contributed by atoms with Crippen LogP contribution in [0.2, 0.25) is 0 Å². The van der Waals surface area contributed by atoms with E-state index in [1.807, 2.05) is 11.8 Å². The number of hydrogen-bond donors (Lipinski definition) is 1. The van der Waals surface area contributed by atoms with Crippen molar-refractivity contribution in [2.45, 2.75) is 51.2 Å². The van der Waals surface area contributed by atoms with Crippen molar-refractivity contribution in [1.29, 1.82) is 0 Å². The van der Waals surface area contributed by atoms with Crippen LogP contribution >= 0.6 is 11.8 Å². The molecule has 0 radical (unpaired) electrons. The van der Waals surface area contributed by atoms with E-state index in [0.717, 1.165) is 29.2 Å². The first-order valence-electron chi connectivity index (χ1n) is 7.12. The average molecular weight is 264 g/mol. The highest BCUT2D eigenvalue weighted by atomic mass is 32.2. The average Bonchev–Trinajstić information content (AvgIpc) is 3.20. The van der Waals surface area contributed by atoms with Gasteiger partial charge in [0.25, 0.3) is 0 Å². The number of thioether (sulfide) groups is 1. The number of benzene rings is 1. The first kappa shape index (κ1) is 13.8. The van der Waals surface area contributed by atoms with Crippen molar-refractivity contribution in [3.05, 3.63) is 29.3 Å². The van der Waals surface area contributed by atoms with Gasteiger partial charge in [0.15, 0.2) is 0 Å². The Labute approximate surface area is 115 Å². The summed E-state index contributed by atoms with van der Waals surface area (Å²) in [6.45, 7) is 6.63. The summed E-state index contributed by atoms with van der Waals surface area (Å²) in [6.07, 6.45) is 3.73. The van der Waals surface area contributed by atoms with Crippen molar-refractivity contribution in [2.75, 3.05) is 5.75 Å². The molecule has 1 aromatic carbocycles. The maximum absolute atomic E-state index is 10.6. The first-order chi connectivity index (χ1) is 8.69. The van der Waals surface area contributed by atoms with Gasteiger partial charge in [0.05, 0.1) is 0 Å². The highest BCUT2D eigenvalue weighted by Crippen LogP contribution is 2.47. The second kappa shape index (κ2) is 6.01. The lowest BCUT2D eigenvalue weighted by Gasteiger charge is -2.20. The van der Waals surface area contributed by atoms with Crippen LogP contribution in [0.5, 0.6) is 5.75 Å². The number of aromatic hydroxyl groups is 1. The molecule has 2 atom stereocenters. The lowest BCUT2D eigenvalue weighted by molar-refractivity contribution is 0.451. The summed E-state index contributed by atoms with van der Waals surface area (Å²) in [5.74, 6) is 2.96. The Morgan fingerprint density at radius 1 is 1.28 bits per heavy atom. The molecule has 0 spiro atoms. The van der Waals surface area contributed by atoms with E-state index in [-0.39, 0.29) is 0 Å². The number of rotatable bonds is 6. The second-order valence-corrected chi connectivity index (χ2v) is 6.74. The number of hydrogen-bond acceptors (Lipinski definition) is 2. The molecule has 1 fully saturated rings. The van der Waals surface area contributed by atoms with Gasteiger partial charge in [-0.2, -0.15) is 11.8 Å². The highest BCUT2D eigenvalue weighted by Gasteiger charge is 2.31. The smallest absolute Gasteiger partial charge is 0.123 e. The Balaban J connectivity index is 2.27. The fraction of sp³-hybridized carbons (Fsp3) is 0.625. The van der Waals surface area contributed by atoms with Crippen LogP contribution in [0, 0.1) is 5.92 Å². The summed E-state index contributed by atoms with van der Waals surface area (Å²) in [6, 6.07) is 6.31. The molecule has 2 unspecified atom stereocenters. The first-order valence-corrected chi connectivity index (χ1v) is 8.17. The Hall–Kier alpha value is -0.630. The molecule has 100 valence electrons. The van der Waals surface area contributed by atoms with E-state index in [1.54, 1.807) is 0 Å². The largest absolute Gasteiger partial charge is 0.507 e. The van der Waals surface area contributed by atoms with Gasteiger partial charge in [-0.25, -0.2) is 0 Å². The summed E-state index contributed by atoms with van der Waals surface area (Å²) in [5.41, 5.74) is 2.29. The molecule has 0 amide bonds. The van der Waals surface area contributed by atoms with Gasteiger partial charge < -0.3 is 5.11 Å². The molecule has 1 aliphatic rings. The van der Waals surface area contributed by atoms with E-state index >= 15 is 0 Å². The van der Waals surface area contributed by atoms with Crippen LogP contribution in [0.15, 0.2) is 18.2 Å². The Kier molecular flexibility index (Phi) is 4.60. The molecular formula is C16H24OS. The van der Waals surface area contributed by atoms with Gasteiger partial charge in [-0.15, -0.1) is 0 Å². The Morgan fingerprint density at radius 3 is 2.50 bits per heavy atom. The van der Waals surface area contributed by atoms with Crippen LogP contribution in [0.1, 0.15) is 62.3 Å². The topological polar surface area (TPSA) is 20.2 Å². The molecule has 18 heavy (non-hydrogen) atoms. The minimum Gasteiger partial charge on any atom is -0.507 e. The van der Waals surface area contributed by atoms with Gasteiger partial charge in [-0.1, -0.05) is 39.0 Å². The van der Waals surface area contributed by atoms with Crippen molar-refractivity contribution < 1.29 is 5.11 Å². The molecule has 2 heteroatoms. The molecule has 0 bridgehead atoms. The molecule has 0 aromatic heterocycles. The third-order valence-corrected chi connectivity index (χ3v) is 5.33. The van der Waals surface area contributed by atoms with Crippen LogP contribution in [0.3, 0.4) is 0 Å². The molecule has 1 aliphatic carbocycles. The fourth-order valence-corrected chi connectivity index (χ4v) is 3.69. The molecule has 1 nitrogen and oxygen atoms in total. The van der Waals surface area contributed by atoms with E-state index in [2.05, 4.69) is 39.0 Å². The van der Waals surface area contributed by atoms with E-state index in [1.165, 1.54) is 12.8 Å². The maximum atomic E-state index is 10.6. The summed E-state index contributed by atoms with van der Waals surface area (Å²) >= 11 is 1.93. The third-order valence-electron chi connectivity index (χ3n) is 4.00. The summed E-state index contributed by atoms with van der Waals surface area (Å²) in [4.78, 5) is 0. The van der Waals surface area contributed by atoms with Gasteiger partial charge in [0.2, 0.25) is 0 Å². The van der Waals surface area contributed by atoms with Crippen LogP contribution in [0.25, 0.3) is 0 Å². The highest BCUT2D eigenvalue weighted by molar-refractivity contribution is 7.99. The zero-order valence-corrected chi connectivity index (χ0v) is 12.5. The lowest BCUT2D eigenvalue weighted by atomic mass is 9.92. The van der Waals surface area contributed by atoms with Crippen molar-refractivity contribution in [2.24, 2.45) is 5.92 Å². The molecule has 0 saturated heterocycles. The molecule has 1 N–H and O–H groups in total. The normalized spacial score (nSPS) is 18.6.